The highest BCUT2D eigenvalue weighted by molar-refractivity contribution is 5.80. The van der Waals surface area contributed by atoms with Gasteiger partial charge in [0.2, 0.25) is 0 Å². The molecule has 0 aliphatic carbocycles. The molecule has 2 fully saturated rings. The van der Waals surface area contributed by atoms with Crippen molar-refractivity contribution >= 4 is 5.96 Å². The first-order valence-electron chi connectivity index (χ1n) is 10.6. The van der Waals surface area contributed by atoms with Crippen LogP contribution in [0.2, 0.25) is 0 Å². The fraction of sp³-hybridized carbons (Fsp3) is 0.682. The summed E-state index contributed by atoms with van der Waals surface area (Å²) in [6.45, 7) is 7.20. The van der Waals surface area contributed by atoms with Crippen molar-refractivity contribution in [3.63, 3.8) is 0 Å². The summed E-state index contributed by atoms with van der Waals surface area (Å²) >= 11 is 0. The minimum Gasteiger partial charge on any atom is -0.382 e. The average molecular weight is 389 g/mol. The summed E-state index contributed by atoms with van der Waals surface area (Å²) in [6, 6.07) is 11.6. The smallest absolute Gasteiger partial charge is 0.193 e. The Kier molecular flexibility index (Phi) is 8.58. The van der Waals surface area contributed by atoms with Crippen molar-refractivity contribution < 1.29 is 9.47 Å². The minimum atomic E-state index is 0.640. The van der Waals surface area contributed by atoms with Gasteiger partial charge >= 0.3 is 0 Å². The lowest BCUT2D eigenvalue weighted by Crippen LogP contribution is -2.56. The third-order valence-electron chi connectivity index (χ3n) is 5.88. The Labute approximate surface area is 169 Å². The quantitative estimate of drug-likeness (QED) is 0.420. The molecule has 0 aromatic heterocycles. The van der Waals surface area contributed by atoms with E-state index in [1.54, 1.807) is 7.11 Å². The molecule has 2 aliphatic heterocycles. The summed E-state index contributed by atoms with van der Waals surface area (Å²) in [5.74, 6) is 1.73. The fourth-order valence-electron chi connectivity index (χ4n) is 4.52. The summed E-state index contributed by atoms with van der Waals surface area (Å²) in [5.41, 5.74) is 1.43. The molecule has 156 valence electrons. The molecule has 6 heteroatoms. The molecule has 2 aliphatic rings. The van der Waals surface area contributed by atoms with Crippen LogP contribution in [0.1, 0.15) is 24.8 Å². The van der Waals surface area contributed by atoms with Crippen LogP contribution >= 0.6 is 0 Å². The van der Waals surface area contributed by atoms with Crippen LogP contribution in [-0.4, -0.2) is 82.0 Å². The van der Waals surface area contributed by atoms with Gasteiger partial charge in [-0.1, -0.05) is 30.3 Å². The van der Waals surface area contributed by atoms with Crippen LogP contribution in [0.5, 0.6) is 0 Å². The number of nitrogens with one attached hydrogen (secondary N) is 1. The summed E-state index contributed by atoms with van der Waals surface area (Å²) < 4.78 is 10.5. The zero-order valence-corrected chi connectivity index (χ0v) is 17.5. The highest BCUT2D eigenvalue weighted by Gasteiger charge is 2.36. The molecule has 2 unspecified atom stereocenters. The average Bonchev–Trinajstić information content (AvgIpc) is 2.74. The second-order valence-corrected chi connectivity index (χ2v) is 7.74. The number of hydrogen-bond acceptors (Lipinski definition) is 4. The number of methoxy groups -OCH3 is 1. The van der Waals surface area contributed by atoms with E-state index >= 15 is 0 Å². The number of nitrogens with zero attached hydrogens (tertiary/aromatic N) is 3. The maximum atomic E-state index is 5.55. The molecule has 2 saturated heterocycles. The number of aliphatic imine (C=N–C) groups is 1. The second kappa shape index (κ2) is 11.4. The summed E-state index contributed by atoms with van der Waals surface area (Å²) in [5, 5.41) is 3.46. The molecule has 0 spiro atoms. The molecular weight excluding hydrogens is 352 g/mol. The van der Waals surface area contributed by atoms with E-state index in [0.717, 1.165) is 38.1 Å². The normalized spacial score (nSPS) is 23.5. The van der Waals surface area contributed by atoms with Crippen LogP contribution in [0, 0.1) is 5.92 Å². The van der Waals surface area contributed by atoms with Gasteiger partial charge in [0, 0.05) is 46.4 Å². The SMILES string of the molecule is CN=C(NCCOCCOC)N1CCC2C(CCCN2Cc2ccccc2)C1. The zero-order chi connectivity index (χ0) is 19.6. The van der Waals surface area contributed by atoms with E-state index in [1.165, 1.54) is 31.4 Å². The van der Waals surface area contributed by atoms with Gasteiger partial charge in [0.15, 0.2) is 5.96 Å². The minimum absolute atomic E-state index is 0.640. The van der Waals surface area contributed by atoms with Crippen molar-refractivity contribution in [3.8, 4) is 0 Å². The Morgan fingerprint density at radius 1 is 1.14 bits per heavy atom. The Balaban J connectivity index is 1.48. The number of likely N-dealkylation sites (tertiary alicyclic amines) is 2. The molecule has 0 amide bonds. The van der Waals surface area contributed by atoms with Crippen LogP contribution in [-0.2, 0) is 16.0 Å². The number of ether oxygens (including phenoxy) is 2. The number of hydrogen-bond donors (Lipinski definition) is 1. The lowest BCUT2D eigenvalue weighted by Gasteiger charge is -2.48. The van der Waals surface area contributed by atoms with Crippen LogP contribution < -0.4 is 5.32 Å². The van der Waals surface area contributed by atoms with Crippen LogP contribution in [0.15, 0.2) is 35.3 Å². The van der Waals surface area contributed by atoms with Gasteiger partial charge < -0.3 is 19.7 Å². The number of benzene rings is 1. The monoisotopic (exact) mass is 388 g/mol. The van der Waals surface area contributed by atoms with Crippen molar-refractivity contribution in [2.24, 2.45) is 10.9 Å². The van der Waals surface area contributed by atoms with Gasteiger partial charge in [-0.15, -0.1) is 0 Å². The Morgan fingerprint density at radius 3 is 2.79 bits per heavy atom. The first kappa shape index (κ1) is 21.1. The van der Waals surface area contributed by atoms with Gasteiger partial charge in [0.25, 0.3) is 0 Å². The summed E-state index contributed by atoms with van der Waals surface area (Å²) in [4.78, 5) is 9.65. The van der Waals surface area contributed by atoms with Gasteiger partial charge in [0.05, 0.1) is 19.8 Å². The number of fused-ring (bicyclic) bond motifs is 1. The predicted octanol–water partition coefficient (Wildman–Crippen LogP) is 2.21. The maximum Gasteiger partial charge on any atom is 0.193 e. The second-order valence-electron chi connectivity index (χ2n) is 7.74. The predicted molar refractivity (Wildman–Crippen MR) is 114 cm³/mol. The van der Waals surface area contributed by atoms with Crippen LogP contribution in [0.25, 0.3) is 0 Å². The van der Waals surface area contributed by atoms with Crippen molar-refractivity contribution in [3.05, 3.63) is 35.9 Å². The van der Waals surface area contributed by atoms with E-state index in [2.05, 4.69) is 50.4 Å². The van der Waals surface area contributed by atoms with Crippen molar-refractivity contribution in [1.82, 2.24) is 15.1 Å². The molecule has 2 heterocycles. The molecular formula is C22H36N4O2. The van der Waals surface area contributed by atoms with Crippen molar-refractivity contribution in [1.29, 1.82) is 0 Å². The zero-order valence-electron chi connectivity index (χ0n) is 17.5. The fourth-order valence-corrected chi connectivity index (χ4v) is 4.52. The van der Waals surface area contributed by atoms with E-state index in [4.69, 9.17) is 9.47 Å². The van der Waals surface area contributed by atoms with E-state index in [9.17, 15) is 0 Å². The lowest BCUT2D eigenvalue weighted by atomic mass is 9.83. The first-order chi connectivity index (χ1) is 13.8. The molecule has 6 nitrogen and oxygen atoms in total. The van der Waals surface area contributed by atoms with Crippen LogP contribution in [0.3, 0.4) is 0 Å². The molecule has 28 heavy (non-hydrogen) atoms. The van der Waals surface area contributed by atoms with Gasteiger partial charge in [-0.05, 0) is 37.3 Å². The number of piperidine rings is 2. The lowest BCUT2D eigenvalue weighted by molar-refractivity contribution is 0.0369. The van der Waals surface area contributed by atoms with Crippen molar-refractivity contribution in [2.75, 3.05) is 60.2 Å². The van der Waals surface area contributed by atoms with Gasteiger partial charge in [0.1, 0.15) is 0 Å². The van der Waals surface area contributed by atoms with E-state index in [-0.39, 0.29) is 0 Å². The molecule has 0 saturated carbocycles. The summed E-state index contributed by atoms with van der Waals surface area (Å²) in [7, 11) is 3.57. The highest BCUT2D eigenvalue weighted by Crippen LogP contribution is 2.31. The molecule has 0 radical (unpaired) electrons. The van der Waals surface area contributed by atoms with E-state index < -0.39 is 0 Å². The van der Waals surface area contributed by atoms with Crippen molar-refractivity contribution in [2.45, 2.75) is 31.8 Å². The third-order valence-corrected chi connectivity index (χ3v) is 5.88. The number of guanidine groups is 1. The van der Waals surface area contributed by atoms with Gasteiger partial charge in [-0.25, -0.2) is 0 Å². The topological polar surface area (TPSA) is 49.3 Å². The molecule has 1 N–H and O–H groups in total. The van der Waals surface area contributed by atoms with Crippen LogP contribution in [0.4, 0.5) is 0 Å². The Morgan fingerprint density at radius 2 is 2.00 bits per heavy atom. The molecule has 3 rings (SSSR count). The Bertz CT molecular complexity index is 595. The summed E-state index contributed by atoms with van der Waals surface area (Å²) in [6.07, 6.45) is 3.83. The third kappa shape index (κ3) is 5.93. The molecule has 2 atom stereocenters. The highest BCUT2D eigenvalue weighted by atomic mass is 16.5. The number of rotatable bonds is 8. The van der Waals surface area contributed by atoms with E-state index in [0.29, 0.717) is 25.9 Å². The van der Waals surface area contributed by atoms with E-state index in [1.807, 2.05) is 7.05 Å². The molecule has 1 aromatic rings. The maximum absolute atomic E-state index is 5.55. The first-order valence-corrected chi connectivity index (χ1v) is 10.6. The standard InChI is InChI=1S/C22H36N4O2/c1-23-22(24-11-14-28-16-15-27-2)26-13-10-21-20(18-26)9-6-12-25(21)17-19-7-4-3-5-8-19/h3-5,7-8,20-21H,6,9-18H2,1-2H3,(H,23,24). The molecule has 1 aromatic carbocycles. The van der Waals surface area contributed by atoms with Gasteiger partial charge in [-0.3, -0.25) is 9.89 Å². The molecule has 0 bridgehead atoms. The Hall–Kier alpha value is -1.63. The van der Waals surface area contributed by atoms with Gasteiger partial charge in [-0.2, -0.15) is 0 Å². The largest absolute Gasteiger partial charge is 0.382 e.